The van der Waals surface area contributed by atoms with Gasteiger partial charge in [-0.3, -0.25) is 0 Å². The van der Waals surface area contributed by atoms with Crippen LogP contribution in [0.1, 0.15) is 32.6 Å². The number of rotatable bonds is 3. The monoisotopic (exact) mass is 290 g/mol. The molecule has 108 valence electrons. The Kier molecular flexibility index (Phi) is 3.78. The molecule has 2 aromatic heterocycles. The summed E-state index contributed by atoms with van der Waals surface area (Å²) in [5.74, 6) is 2.51. The molecule has 1 fully saturated rings. The maximum atomic E-state index is 4.71. The van der Waals surface area contributed by atoms with Crippen LogP contribution < -0.4 is 10.2 Å². The molecule has 1 saturated carbocycles. The van der Waals surface area contributed by atoms with E-state index in [1.54, 1.807) is 11.3 Å². The highest BCUT2D eigenvalue weighted by Crippen LogP contribution is 2.34. The van der Waals surface area contributed by atoms with Crippen molar-refractivity contribution in [2.24, 2.45) is 5.92 Å². The number of thiophene rings is 1. The molecule has 1 N–H and O–H groups in total. The average Bonchev–Trinajstić information content (AvgIpc) is 2.94. The Morgan fingerprint density at radius 1 is 1.30 bits per heavy atom. The third-order valence-electron chi connectivity index (χ3n) is 4.43. The Morgan fingerprint density at radius 2 is 2.10 bits per heavy atom. The van der Waals surface area contributed by atoms with Crippen LogP contribution in [0.2, 0.25) is 0 Å². The second-order valence-electron chi connectivity index (χ2n) is 5.70. The van der Waals surface area contributed by atoms with Crippen molar-refractivity contribution in [2.45, 2.75) is 38.6 Å². The van der Waals surface area contributed by atoms with Gasteiger partial charge in [0.25, 0.3) is 0 Å². The number of aromatic nitrogens is 2. The van der Waals surface area contributed by atoms with Crippen molar-refractivity contribution in [1.29, 1.82) is 0 Å². The van der Waals surface area contributed by atoms with Crippen molar-refractivity contribution < 1.29 is 0 Å². The summed E-state index contributed by atoms with van der Waals surface area (Å²) in [7, 11) is 4.06. The first-order chi connectivity index (χ1) is 9.70. The lowest BCUT2D eigenvalue weighted by atomic mass is 9.85. The number of nitrogens with zero attached hydrogens (tertiary/aromatic N) is 3. The zero-order valence-corrected chi connectivity index (χ0v) is 13.2. The third-order valence-corrected chi connectivity index (χ3v) is 5.23. The summed E-state index contributed by atoms with van der Waals surface area (Å²) in [4.78, 5) is 12.7. The van der Waals surface area contributed by atoms with Crippen LogP contribution in [0.4, 0.5) is 11.8 Å². The van der Waals surface area contributed by atoms with E-state index in [4.69, 9.17) is 4.98 Å². The predicted molar refractivity (Wildman–Crippen MR) is 86.8 cm³/mol. The highest BCUT2D eigenvalue weighted by atomic mass is 32.1. The molecule has 1 aliphatic rings. The van der Waals surface area contributed by atoms with E-state index < -0.39 is 0 Å². The van der Waals surface area contributed by atoms with Crippen LogP contribution in [0.25, 0.3) is 10.2 Å². The summed E-state index contributed by atoms with van der Waals surface area (Å²) in [5, 5.41) is 6.35. The lowest BCUT2D eigenvalue weighted by Crippen LogP contribution is -2.39. The summed E-state index contributed by atoms with van der Waals surface area (Å²) < 4.78 is 0. The molecule has 2 atom stereocenters. The lowest BCUT2D eigenvalue weighted by molar-refractivity contribution is 0.321. The maximum absolute atomic E-state index is 4.71. The minimum Gasteiger partial charge on any atom is -0.357 e. The zero-order valence-electron chi connectivity index (χ0n) is 12.4. The molecular weight excluding hydrogens is 268 g/mol. The van der Waals surface area contributed by atoms with Crippen LogP contribution in [0.3, 0.4) is 0 Å². The topological polar surface area (TPSA) is 41.1 Å². The van der Waals surface area contributed by atoms with E-state index in [2.05, 4.69) is 40.6 Å². The standard InChI is InChI=1S/C15H22N4S/c1-10-6-4-5-7-12(10)19(3)13-11-8-9-20-14(11)18-15(16-2)17-13/h8-10,12H,4-7H2,1-3H3,(H,16,17,18). The Morgan fingerprint density at radius 3 is 2.85 bits per heavy atom. The largest absolute Gasteiger partial charge is 0.357 e. The molecule has 0 aliphatic heterocycles. The van der Waals surface area contributed by atoms with Gasteiger partial charge in [-0.15, -0.1) is 11.3 Å². The molecular formula is C15H22N4S. The highest BCUT2D eigenvalue weighted by molar-refractivity contribution is 7.16. The summed E-state index contributed by atoms with van der Waals surface area (Å²) in [5.41, 5.74) is 0. The van der Waals surface area contributed by atoms with E-state index in [0.717, 1.165) is 16.6 Å². The number of anilines is 2. The van der Waals surface area contributed by atoms with Crippen molar-refractivity contribution in [1.82, 2.24) is 9.97 Å². The second kappa shape index (κ2) is 5.56. The fourth-order valence-corrected chi connectivity index (χ4v) is 4.01. The number of nitrogens with one attached hydrogen (secondary N) is 1. The summed E-state index contributed by atoms with van der Waals surface area (Å²) in [6.45, 7) is 2.37. The van der Waals surface area contributed by atoms with E-state index in [0.29, 0.717) is 12.0 Å². The fraction of sp³-hybridized carbons (Fsp3) is 0.600. The number of hydrogen-bond donors (Lipinski definition) is 1. The van der Waals surface area contributed by atoms with Crippen molar-refractivity contribution in [3.8, 4) is 0 Å². The van der Waals surface area contributed by atoms with Gasteiger partial charge in [0.2, 0.25) is 5.95 Å². The Labute approximate surface area is 124 Å². The minimum atomic E-state index is 0.589. The first kappa shape index (κ1) is 13.6. The van der Waals surface area contributed by atoms with Crippen molar-refractivity contribution >= 4 is 33.3 Å². The third kappa shape index (κ3) is 2.35. The van der Waals surface area contributed by atoms with Gasteiger partial charge in [0.15, 0.2) is 0 Å². The molecule has 1 aliphatic carbocycles. The van der Waals surface area contributed by atoms with E-state index in [1.165, 1.54) is 31.1 Å². The lowest BCUT2D eigenvalue weighted by Gasteiger charge is -2.37. The zero-order chi connectivity index (χ0) is 14.1. The molecule has 2 heterocycles. The van der Waals surface area contributed by atoms with Gasteiger partial charge in [-0.25, -0.2) is 4.98 Å². The van der Waals surface area contributed by atoms with Gasteiger partial charge in [0, 0.05) is 20.1 Å². The van der Waals surface area contributed by atoms with Crippen molar-refractivity contribution in [3.05, 3.63) is 11.4 Å². The van der Waals surface area contributed by atoms with Crippen LogP contribution in [0, 0.1) is 5.92 Å². The van der Waals surface area contributed by atoms with Crippen LogP contribution in [0.15, 0.2) is 11.4 Å². The molecule has 0 aromatic carbocycles. The molecule has 4 nitrogen and oxygen atoms in total. The van der Waals surface area contributed by atoms with E-state index in [9.17, 15) is 0 Å². The molecule has 3 rings (SSSR count). The highest BCUT2D eigenvalue weighted by Gasteiger charge is 2.27. The summed E-state index contributed by atoms with van der Waals surface area (Å²) in [6, 6.07) is 2.73. The molecule has 0 spiro atoms. The van der Waals surface area contributed by atoms with Gasteiger partial charge >= 0.3 is 0 Å². The summed E-state index contributed by atoms with van der Waals surface area (Å²) in [6.07, 6.45) is 5.29. The van der Waals surface area contributed by atoms with Crippen LogP contribution >= 0.6 is 11.3 Å². The smallest absolute Gasteiger partial charge is 0.225 e. The van der Waals surface area contributed by atoms with Gasteiger partial charge in [-0.05, 0) is 30.2 Å². The first-order valence-electron chi connectivity index (χ1n) is 7.36. The van der Waals surface area contributed by atoms with E-state index in [-0.39, 0.29) is 0 Å². The molecule has 0 saturated heterocycles. The first-order valence-corrected chi connectivity index (χ1v) is 8.24. The molecule has 0 radical (unpaired) electrons. The van der Waals surface area contributed by atoms with Crippen LogP contribution in [-0.2, 0) is 0 Å². The molecule has 0 amide bonds. The van der Waals surface area contributed by atoms with Crippen LogP contribution in [-0.4, -0.2) is 30.1 Å². The molecule has 0 bridgehead atoms. The molecule has 2 unspecified atom stereocenters. The van der Waals surface area contributed by atoms with Crippen molar-refractivity contribution in [3.63, 3.8) is 0 Å². The van der Waals surface area contributed by atoms with Gasteiger partial charge in [0.05, 0.1) is 5.39 Å². The average molecular weight is 290 g/mol. The Bertz CT molecular complexity index is 595. The van der Waals surface area contributed by atoms with E-state index >= 15 is 0 Å². The molecule has 20 heavy (non-hydrogen) atoms. The number of hydrogen-bond acceptors (Lipinski definition) is 5. The maximum Gasteiger partial charge on any atom is 0.225 e. The minimum absolute atomic E-state index is 0.589. The van der Waals surface area contributed by atoms with Gasteiger partial charge in [-0.2, -0.15) is 4.98 Å². The quantitative estimate of drug-likeness (QED) is 0.934. The Hall–Kier alpha value is -1.36. The SMILES string of the molecule is CNc1nc(N(C)C2CCCCC2C)c2ccsc2n1. The number of fused-ring (bicyclic) bond motifs is 1. The van der Waals surface area contributed by atoms with Gasteiger partial charge < -0.3 is 10.2 Å². The Balaban J connectivity index is 2.01. The normalized spacial score (nSPS) is 22.9. The van der Waals surface area contributed by atoms with Gasteiger partial charge in [-0.1, -0.05) is 19.8 Å². The summed E-state index contributed by atoms with van der Waals surface area (Å²) >= 11 is 1.68. The van der Waals surface area contributed by atoms with Crippen molar-refractivity contribution in [2.75, 3.05) is 24.3 Å². The van der Waals surface area contributed by atoms with Gasteiger partial charge in [0.1, 0.15) is 10.6 Å². The predicted octanol–water partition coefficient (Wildman–Crippen LogP) is 3.75. The molecule has 2 aromatic rings. The molecule has 5 heteroatoms. The second-order valence-corrected chi connectivity index (χ2v) is 6.59. The van der Waals surface area contributed by atoms with E-state index in [1.807, 2.05) is 7.05 Å². The fourth-order valence-electron chi connectivity index (χ4n) is 3.25. The van der Waals surface area contributed by atoms with Crippen LogP contribution in [0.5, 0.6) is 0 Å².